The molecule has 2 fully saturated rings. The normalized spacial score (nSPS) is 26.8. The van der Waals surface area contributed by atoms with E-state index in [1.54, 1.807) is 18.2 Å². The minimum atomic E-state index is -0.919. The summed E-state index contributed by atoms with van der Waals surface area (Å²) >= 11 is 0. The van der Waals surface area contributed by atoms with E-state index in [4.69, 9.17) is 4.74 Å². The number of imide groups is 1. The minimum Gasteiger partial charge on any atom is -0.495 e. The van der Waals surface area contributed by atoms with Crippen LogP contribution in [0, 0.1) is 23.7 Å². The first-order valence-corrected chi connectivity index (χ1v) is 10.6. The quantitative estimate of drug-likeness (QED) is 0.580. The topological polar surface area (TPSA) is 75.7 Å². The summed E-state index contributed by atoms with van der Waals surface area (Å²) in [6.45, 7) is 0. The fraction of sp³-hybridized carbons (Fsp3) is 0.320. The molecule has 5 atom stereocenters. The second kappa shape index (κ2) is 7.69. The lowest BCUT2D eigenvalue weighted by molar-refractivity contribution is -0.147. The van der Waals surface area contributed by atoms with Gasteiger partial charge in [0, 0.05) is 6.42 Å². The van der Waals surface area contributed by atoms with Crippen LogP contribution in [0.2, 0.25) is 0 Å². The Bertz CT molecular complexity index is 1030. The summed E-state index contributed by atoms with van der Waals surface area (Å²) in [5, 5.41) is 2.88. The Labute approximate surface area is 180 Å². The van der Waals surface area contributed by atoms with E-state index in [-0.39, 0.29) is 41.9 Å². The summed E-state index contributed by atoms with van der Waals surface area (Å²) in [5.41, 5.74) is 1.40. The number of nitrogens with zero attached hydrogens (tertiary/aromatic N) is 1. The molecule has 31 heavy (non-hydrogen) atoms. The van der Waals surface area contributed by atoms with Crippen LogP contribution in [0.3, 0.4) is 0 Å². The van der Waals surface area contributed by atoms with E-state index in [1.165, 1.54) is 12.0 Å². The molecule has 5 rings (SSSR count). The van der Waals surface area contributed by atoms with Crippen molar-refractivity contribution in [3.8, 4) is 5.75 Å². The molecule has 2 aromatic rings. The van der Waals surface area contributed by atoms with Gasteiger partial charge in [-0.2, -0.15) is 0 Å². The van der Waals surface area contributed by atoms with Crippen LogP contribution in [0.5, 0.6) is 5.75 Å². The molecule has 158 valence electrons. The molecule has 2 aliphatic carbocycles. The molecule has 1 saturated heterocycles. The highest BCUT2D eigenvalue weighted by molar-refractivity contribution is 6.11. The van der Waals surface area contributed by atoms with E-state index in [1.807, 2.05) is 36.4 Å². The van der Waals surface area contributed by atoms with Gasteiger partial charge in [-0.25, -0.2) is 0 Å². The van der Waals surface area contributed by atoms with Gasteiger partial charge in [0.1, 0.15) is 11.8 Å². The first kappa shape index (κ1) is 19.5. The Morgan fingerprint density at radius 1 is 1.00 bits per heavy atom. The lowest BCUT2D eigenvalue weighted by Crippen LogP contribution is -2.49. The lowest BCUT2D eigenvalue weighted by atomic mass is 9.85. The average molecular weight is 416 g/mol. The van der Waals surface area contributed by atoms with Crippen LogP contribution in [-0.2, 0) is 20.8 Å². The molecule has 2 bridgehead atoms. The van der Waals surface area contributed by atoms with Gasteiger partial charge in [0.05, 0.1) is 24.6 Å². The maximum absolute atomic E-state index is 13.4. The molecule has 3 aliphatic rings. The van der Waals surface area contributed by atoms with Crippen molar-refractivity contribution in [2.75, 3.05) is 12.4 Å². The van der Waals surface area contributed by atoms with Crippen LogP contribution >= 0.6 is 0 Å². The summed E-state index contributed by atoms with van der Waals surface area (Å²) < 4.78 is 5.34. The maximum atomic E-state index is 13.4. The van der Waals surface area contributed by atoms with Crippen LogP contribution < -0.4 is 10.1 Å². The van der Waals surface area contributed by atoms with Gasteiger partial charge in [-0.15, -0.1) is 0 Å². The standard InChI is InChI=1S/C25H24N2O4/c1-31-20-10-6-5-9-18(20)26-23(28)19(13-15-7-3-2-4-8-15)27-24(29)21-16-11-12-17(14-16)22(21)25(27)30/h2-12,16-17,19,21-22H,13-14H2,1H3,(H,26,28)/t16-,17-,19+,21-,22-/m0/s1. The van der Waals surface area contributed by atoms with E-state index in [2.05, 4.69) is 17.5 Å². The number of fused-ring (bicyclic) bond motifs is 5. The Hall–Kier alpha value is -3.41. The zero-order chi connectivity index (χ0) is 21.5. The van der Waals surface area contributed by atoms with Gasteiger partial charge in [0.25, 0.3) is 0 Å². The van der Waals surface area contributed by atoms with Crippen molar-refractivity contribution in [1.29, 1.82) is 0 Å². The van der Waals surface area contributed by atoms with Crippen molar-refractivity contribution < 1.29 is 19.1 Å². The fourth-order valence-electron chi connectivity index (χ4n) is 5.34. The van der Waals surface area contributed by atoms with Crippen molar-refractivity contribution in [3.05, 3.63) is 72.3 Å². The van der Waals surface area contributed by atoms with E-state index in [0.717, 1.165) is 12.0 Å². The number of allylic oxidation sites excluding steroid dienone is 2. The highest BCUT2D eigenvalue weighted by atomic mass is 16.5. The van der Waals surface area contributed by atoms with Crippen molar-refractivity contribution in [2.24, 2.45) is 23.7 Å². The summed E-state index contributed by atoms with van der Waals surface area (Å²) in [4.78, 5) is 41.4. The number of para-hydroxylation sites is 2. The number of nitrogens with one attached hydrogen (secondary N) is 1. The second-order valence-corrected chi connectivity index (χ2v) is 8.44. The fourth-order valence-corrected chi connectivity index (χ4v) is 5.34. The highest BCUT2D eigenvalue weighted by Gasteiger charge is 2.61. The van der Waals surface area contributed by atoms with E-state index >= 15 is 0 Å². The molecule has 6 nitrogen and oxygen atoms in total. The monoisotopic (exact) mass is 416 g/mol. The third kappa shape index (κ3) is 3.23. The number of carbonyl (C=O) groups excluding carboxylic acids is 3. The number of benzene rings is 2. The predicted molar refractivity (Wildman–Crippen MR) is 115 cm³/mol. The summed E-state index contributed by atoms with van der Waals surface area (Å²) in [6.07, 6.45) is 5.24. The Balaban J connectivity index is 1.47. The van der Waals surface area contributed by atoms with Crippen LogP contribution in [0.1, 0.15) is 12.0 Å². The van der Waals surface area contributed by atoms with Gasteiger partial charge in [-0.05, 0) is 36.0 Å². The number of carbonyl (C=O) groups is 3. The van der Waals surface area contributed by atoms with Gasteiger partial charge in [-0.3, -0.25) is 19.3 Å². The van der Waals surface area contributed by atoms with Crippen LogP contribution in [0.15, 0.2) is 66.7 Å². The SMILES string of the molecule is COc1ccccc1NC(=O)[C@@H](Cc1ccccc1)N1C(=O)[C@@H]2[C@@H](C1=O)[C@H]1C=C[C@H]2C1. The van der Waals surface area contributed by atoms with Crippen molar-refractivity contribution >= 4 is 23.4 Å². The molecule has 0 unspecified atom stereocenters. The van der Waals surface area contributed by atoms with Gasteiger partial charge in [0.2, 0.25) is 17.7 Å². The van der Waals surface area contributed by atoms with Crippen LogP contribution in [0.25, 0.3) is 0 Å². The highest BCUT2D eigenvalue weighted by Crippen LogP contribution is 2.53. The van der Waals surface area contributed by atoms with E-state index in [0.29, 0.717) is 11.4 Å². The van der Waals surface area contributed by atoms with Gasteiger partial charge in [-0.1, -0.05) is 54.6 Å². The van der Waals surface area contributed by atoms with Crippen LogP contribution in [-0.4, -0.2) is 35.8 Å². The number of amides is 3. The molecule has 1 aliphatic heterocycles. The molecular weight excluding hydrogens is 392 g/mol. The van der Waals surface area contributed by atoms with E-state index in [9.17, 15) is 14.4 Å². The molecule has 1 N–H and O–H groups in total. The molecule has 2 aromatic carbocycles. The molecular formula is C25H24N2O4. The summed E-state index contributed by atoms with van der Waals surface area (Å²) in [7, 11) is 1.53. The molecule has 3 amide bonds. The molecule has 0 spiro atoms. The maximum Gasteiger partial charge on any atom is 0.248 e. The molecule has 1 heterocycles. The number of hydrogen-bond acceptors (Lipinski definition) is 4. The predicted octanol–water partition coefficient (Wildman–Crippen LogP) is 3.05. The number of anilines is 1. The van der Waals surface area contributed by atoms with Crippen molar-refractivity contribution in [1.82, 2.24) is 4.90 Å². The molecule has 6 heteroatoms. The first-order chi connectivity index (χ1) is 15.1. The molecule has 0 radical (unpaired) electrons. The average Bonchev–Trinajstić information content (AvgIpc) is 3.47. The van der Waals surface area contributed by atoms with Gasteiger partial charge < -0.3 is 10.1 Å². The van der Waals surface area contributed by atoms with Crippen molar-refractivity contribution in [3.63, 3.8) is 0 Å². The number of ether oxygens (including phenoxy) is 1. The zero-order valence-electron chi connectivity index (χ0n) is 17.2. The summed E-state index contributed by atoms with van der Waals surface area (Å²) in [6, 6.07) is 15.7. The zero-order valence-corrected chi connectivity index (χ0v) is 17.2. The Morgan fingerprint density at radius 3 is 2.26 bits per heavy atom. The Morgan fingerprint density at radius 2 is 1.61 bits per heavy atom. The number of likely N-dealkylation sites (tertiary alicyclic amines) is 1. The largest absolute Gasteiger partial charge is 0.495 e. The third-order valence-electron chi connectivity index (χ3n) is 6.76. The Kier molecular flexibility index (Phi) is 4.85. The smallest absolute Gasteiger partial charge is 0.248 e. The van der Waals surface area contributed by atoms with Gasteiger partial charge >= 0.3 is 0 Å². The summed E-state index contributed by atoms with van der Waals surface area (Å²) in [5.74, 6) is -0.773. The minimum absolute atomic E-state index is 0.103. The number of methoxy groups -OCH3 is 1. The molecule has 1 saturated carbocycles. The van der Waals surface area contributed by atoms with Crippen LogP contribution in [0.4, 0.5) is 5.69 Å². The number of rotatable bonds is 6. The van der Waals surface area contributed by atoms with Gasteiger partial charge in [0.15, 0.2) is 0 Å². The lowest BCUT2D eigenvalue weighted by Gasteiger charge is -2.27. The second-order valence-electron chi connectivity index (χ2n) is 8.44. The van der Waals surface area contributed by atoms with E-state index < -0.39 is 11.9 Å². The third-order valence-corrected chi connectivity index (χ3v) is 6.76. The molecule has 0 aromatic heterocycles. The van der Waals surface area contributed by atoms with Crippen molar-refractivity contribution in [2.45, 2.75) is 18.9 Å². The number of hydrogen-bond donors (Lipinski definition) is 1. The first-order valence-electron chi connectivity index (χ1n) is 10.6.